The van der Waals surface area contributed by atoms with Crippen LogP contribution < -0.4 is 10.6 Å². The van der Waals surface area contributed by atoms with Gasteiger partial charge in [0.05, 0.1) is 11.6 Å². The third-order valence-electron chi connectivity index (χ3n) is 3.56. The molecule has 1 aromatic rings. The quantitative estimate of drug-likeness (QED) is 0.760. The fourth-order valence-corrected chi connectivity index (χ4v) is 1.92. The Morgan fingerprint density at radius 1 is 1.50 bits per heavy atom. The predicted octanol–water partition coefficient (Wildman–Crippen LogP) is 1.54. The minimum Gasteiger partial charge on any atom is -0.391 e. The molecule has 1 aromatic carbocycles. The minimum atomic E-state index is -0.631. The summed E-state index contributed by atoms with van der Waals surface area (Å²) in [6.45, 7) is 6.22. The molecule has 0 aliphatic carbocycles. The van der Waals surface area contributed by atoms with Crippen LogP contribution in [0.25, 0.3) is 0 Å². The molecule has 18 heavy (non-hydrogen) atoms. The van der Waals surface area contributed by atoms with E-state index in [2.05, 4.69) is 10.6 Å². The van der Waals surface area contributed by atoms with E-state index in [0.717, 1.165) is 18.7 Å². The summed E-state index contributed by atoms with van der Waals surface area (Å²) in [5.74, 6) is -0.143. The zero-order valence-corrected chi connectivity index (χ0v) is 11.1. The molecule has 0 bridgehead atoms. The summed E-state index contributed by atoms with van der Waals surface area (Å²) >= 11 is 0. The van der Waals surface area contributed by atoms with E-state index in [1.165, 1.54) is 5.56 Å². The van der Waals surface area contributed by atoms with Crippen LogP contribution in [0.1, 0.15) is 36.7 Å². The van der Waals surface area contributed by atoms with Crippen molar-refractivity contribution in [2.75, 3.05) is 11.9 Å². The zero-order chi connectivity index (χ0) is 13.3. The summed E-state index contributed by atoms with van der Waals surface area (Å²) in [7, 11) is 0. The van der Waals surface area contributed by atoms with Crippen LogP contribution in [0.15, 0.2) is 18.2 Å². The van der Waals surface area contributed by atoms with Crippen LogP contribution in [0.2, 0.25) is 0 Å². The highest BCUT2D eigenvalue weighted by atomic mass is 16.3. The lowest BCUT2D eigenvalue weighted by Crippen LogP contribution is -2.50. The molecule has 98 valence electrons. The maximum atomic E-state index is 12.1. The standard InChI is InChI=1S/C14H20N2O2/c1-9(17)14(2,3)16-13(18)11-4-5-12-10(8-11)6-7-15-12/h4-5,8-9,15,17H,6-7H2,1-3H3,(H,16,18). The molecule has 0 saturated carbocycles. The molecule has 1 aliphatic heterocycles. The Hall–Kier alpha value is -1.55. The lowest BCUT2D eigenvalue weighted by atomic mass is 9.98. The van der Waals surface area contributed by atoms with E-state index in [9.17, 15) is 9.90 Å². The average molecular weight is 248 g/mol. The Balaban J connectivity index is 2.15. The van der Waals surface area contributed by atoms with Crippen molar-refractivity contribution in [1.82, 2.24) is 5.32 Å². The second-order valence-corrected chi connectivity index (χ2v) is 5.40. The Bertz CT molecular complexity index is 467. The number of carbonyl (C=O) groups excluding carboxylic acids is 1. The monoisotopic (exact) mass is 248 g/mol. The van der Waals surface area contributed by atoms with Crippen molar-refractivity contribution in [2.24, 2.45) is 0 Å². The van der Waals surface area contributed by atoms with Crippen LogP contribution in [0.4, 0.5) is 5.69 Å². The van der Waals surface area contributed by atoms with E-state index in [1.807, 2.05) is 32.0 Å². The van der Waals surface area contributed by atoms with Gasteiger partial charge in [-0.05, 0) is 51.0 Å². The van der Waals surface area contributed by atoms with Crippen molar-refractivity contribution in [1.29, 1.82) is 0 Å². The molecule has 3 N–H and O–H groups in total. The normalized spacial score (nSPS) is 15.8. The first-order valence-electron chi connectivity index (χ1n) is 6.27. The summed E-state index contributed by atoms with van der Waals surface area (Å²) in [6, 6.07) is 5.67. The van der Waals surface area contributed by atoms with Gasteiger partial charge in [-0.15, -0.1) is 0 Å². The number of rotatable bonds is 3. The number of hydrogen-bond donors (Lipinski definition) is 3. The molecule has 1 atom stereocenters. The van der Waals surface area contributed by atoms with E-state index in [4.69, 9.17) is 0 Å². The van der Waals surface area contributed by atoms with Crippen molar-refractivity contribution in [3.63, 3.8) is 0 Å². The van der Waals surface area contributed by atoms with Gasteiger partial charge < -0.3 is 15.7 Å². The number of hydrogen-bond acceptors (Lipinski definition) is 3. The molecule has 1 heterocycles. The van der Waals surface area contributed by atoms with Gasteiger partial charge in [0.15, 0.2) is 0 Å². The van der Waals surface area contributed by atoms with Crippen molar-refractivity contribution >= 4 is 11.6 Å². The molecule has 0 spiro atoms. The first-order chi connectivity index (χ1) is 8.40. The van der Waals surface area contributed by atoms with Gasteiger partial charge in [-0.2, -0.15) is 0 Å². The molecule has 4 heteroatoms. The van der Waals surface area contributed by atoms with Crippen molar-refractivity contribution in [3.8, 4) is 0 Å². The number of anilines is 1. The number of amides is 1. The van der Waals surface area contributed by atoms with Crippen molar-refractivity contribution < 1.29 is 9.90 Å². The number of carbonyl (C=O) groups is 1. The first kappa shape index (κ1) is 12.9. The molecule has 1 amide bonds. The van der Waals surface area contributed by atoms with Gasteiger partial charge in [0.1, 0.15) is 0 Å². The van der Waals surface area contributed by atoms with Gasteiger partial charge in [0.25, 0.3) is 5.91 Å². The first-order valence-corrected chi connectivity index (χ1v) is 6.27. The third-order valence-corrected chi connectivity index (χ3v) is 3.56. The molecular weight excluding hydrogens is 228 g/mol. The van der Waals surface area contributed by atoms with E-state index < -0.39 is 11.6 Å². The summed E-state index contributed by atoms with van der Waals surface area (Å²) in [6.07, 6.45) is 0.355. The molecule has 0 aromatic heterocycles. The summed E-state index contributed by atoms with van der Waals surface area (Å²) in [5.41, 5.74) is 2.30. The number of aliphatic hydroxyl groups is 1. The maximum Gasteiger partial charge on any atom is 0.251 e. The average Bonchev–Trinajstić information content (AvgIpc) is 2.74. The summed E-state index contributed by atoms with van der Waals surface area (Å²) in [4.78, 5) is 12.1. The fourth-order valence-electron chi connectivity index (χ4n) is 1.92. The van der Waals surface area contributed by atoms with E-state index >= 15 is 0 Å². The van der Waals surface area contributed by atoms with Crippen LogP contribution in [-0.2, 0) is 6.42 Å². The molecule has 1 aliphatic rings. The van der Waals surface area contributed by atoms with E-state index in [0.29, 0.717) is 5.56 Å². The smallest absolute Gasteiger partial charge is 0.251 e. The number of benzene rings is 1. The van der Waals surface area contributed by atoms with Crippen LogP contribution >= 0.6 is 0 Å². The summed E-state index contributed by atoms with van der Waals surface area (Å²) < 4.78 is 0. The van der Waals surface area contributed by atoms with Crippen LogP contribution in [0.5, 0.6) is 0 Å². The topological polar surface area (TPSA) is 61.4 Å². The van der Waals surface area contributed by atoms with E-state index in [-0.39, 0.29) is 5.91 Å². The largest absolute Gasteiger partial charge is 0.391 e. The molecule has 0 radical (unpaired) electrons. The number of aliphatic hydroxyl groups excluding tert-OH is 1. The molecule has 4 nitrogen and oxygen atoms in total. The Labute approximate surface area is 107 Å². The highest BCUT2D eigenvalue weighted by Crippen LogP contribution is 2.23. The van der Waals surface area contributed by atoms with Crippen molar-refractivity contribution in [3.05, 3.63) is 29.3 Å². The highest BCUT2D eigenvalue weighted by molar-refractivity contribution is 5.95. The lowest BCUT2D eigenvalue weighted by molar-refractivity contribution is 0.0709. The maximum absolute atomic E-state index is 12.1. The predicted molar refractivity (Wildman–Crippen MR) is 71.9 cm³/mol. The highest BCUT2D eigenvalue weighted by Gasteiger charge is 2.26. The second-order valence-electron chi connectivity index (χ2n) is 5.40. The third kappa shape index (κ3) is 2.48. The zero-order valence-electron chi connectivity index (χ0n) is 11.1. The van der Waals surface area contributed by atoms with E-state index in [1.54, 1.807) is 6.92 Å². The fraction of sp³-hybridized carbons (Fsp3) is 0.500. The molecule has 2 rings (SSSR count). The van der Waals surface area contributed by atoms with Crippen LogP contribution in [-0.4, -0.2) is 29.2 Å². The van der Waals surface area contributed by atoms with Gasteiger partial charge in [-0.1, -0.05) is 0 Å². The van der Waals surface area contributed by atoms with Gasteiger partial charge in [-0.25, -0.2) is 0 Å². The second kappa shape index (κ2) is 4.61. The number of fused-ring (bicyclic) bond motifs is 1. The van der Waals surface area contributed by atoms with Gasteiger partial charge >= 0.3 is 0 Å². The van der Waals surface area contributed by atoms with Gasteiger partial charge in [0, 0.05) is 17.8 Å². The van der Waals surface area contributed by atoms with Gasteiger partial charge in [0.2, 0.25) is 0 Å². The minimum absolute atomic E-state index is 0.143. The Morgan fingerprint density at radius 3 is 2.89 bits per heavy atom. The van der Waals surface area contributed by atoms with Crippen LogP contribution in [0, 0.1) is 0 Å². The van der Waals surface area contributed by atoms with Crippen LogP contribution in [0.3, 0.4) is 0 Å². The lowest BCUT2D eigenvalue weighted by Gasteiger charge is -2.29. The van der Waals surface area contributed by atoms with Gasteiger partial charge in [-0.3, -0.25) is 4.79 Å². The Morgan fingerprint density at radius 2 is 2.22 bits per heavy atom. The molecule has 0 saturated heterocycles. The molecule has 0 fully saturated rings. The Kier molecular flexibility index (Phi) is 3.30. The SMILES string of the molecule is CC(O)C(C)(C)NC(=O)c1ccc2c(c1)CCN2. The number of nitrogens with one attached hydrogen (secondary N) is 2. The van der Waals surface area contributed by atoms with Crippen molar-refractivity contribution in [2.45, 2.75) is 38.8 Å². The molecule has 1 unspecified atom stereocenters. The summed E-state index contributed by atoms with van der Waals surface area (Å²) in [5, 5.41) is 15.7. The molecular formula is C14H20N2O2.